The second kappa shape index (κ2) is 4.71. The number of nitrogen functional groups attached to an aromatic ring is 1. The number of thiophene rings is 1. The minimum absolute atomic E-state index is 0.284. The topological polar surface area (TPSA) is 168 Å². The van der Waals surface area contributed by atoms with Crippen LogP contribution in [0.15, 0.2) is 11.7 Å². The molecule has 6 N–H and O–H groups in total. The normalized spacial score (nSPS) is 38.5. The number of ether oxygens (including phenoxy) is 1. The van der Waals surface area contributed by atoms with Crippen LogP contribution < -0.4 is 5.73 Å². The van der Waals surface area contributed by atoms with Crippen molar-refractivity contribution in [3.63, 3.8) is 0 Å². The largest absolute Gasteiger partial charge is 0.470 e. The van der Waals surface area contributed by atoms with Gasteiger partial charge in [-0.3, -0.25) is 4.52 Å². The van der Waals surface area contributed by atoms with Crippen molar-refractivity contribution in [2.24, 2.45) is 0 Å². The zero-order chi connectivity index (χ0) is 17.5. The monoisotopic (exact) mass is 375 g/mol. The Balaban J connectivity index is 1.70. The molecule has 0 aromatic carbocycles. The van der Waals surface area contributed by atoms with Gasteiger partial charge in [0, 0.05) is 5.38 Å². The van der Waals surface area contributed by atoms with Gasteiger partial charge in [-0.25, -0.2) is 14.5 Å². The number of anilines is 1. The molecular weight excluding hydrogens is 361 g/mol. The summed E-state index contributed by atoms with van der Waals surface area (Å²) in [7, 11) is -4.82. The van der Waals surface area contributed by atoms with E-state index in [0.717, 1.165) is 0 Å². The summed E-state index contributed by atoms with van der Waals surface area (Å²) in [5, 5.41) is 23.8. The quantitative estimate of drug-likeness (QED) is 0.449. The molecule has 3 heterocycles. The molecule has 0 amide bonds. The first-order valence-electron chi connectivity index (χ1n) is 6.89. The number of aromatic nitrogens is 2. The molecule has 1 aliphatic carbocycles. The van der Waals surface area contributed by atoms with Gasteiger partial charge in [0.25, 0.3) is 0 Å². The van der Waals surface area contributed by atoms with Crippen molar-refractivity contribution >= 4 is 35.9 Å². The van der Waals surface area contributed by atoms with Gasteiger partial charge in [-0.15, -0.1) is 11.3 Å². The summed E-state index contributed by atoms with van der Waals surface area (Å²) in [5.41, 5.74) is 2.52. The third-order valence-corrected chi connectivity index (χ3v) is 6.09. The van der Waals surface area contributed by atoms with Crippen molar-refractivity contribution in [1.82, 2.24) is 9.97 Å². The number of phosphoric acid groups is 1. The lowest BCUT2D eigenvalue weighted by Crippen LogP contribution is -2.46. The number of hydrogen-bond donors (Lipinski definition) is 5. The van der Waals surface area contributed by atoms with E-state index in [0.29, 0.717) is 15.8 Å². The fraction of sp³-hybridized carbons (Fsp3) is 0.500. The Bertz CT molecular complexity index is 883. The summed E-state index contributed by atoms with van der Waals surface area (Å²) in [4.78, 5) is 26.4. The Labute approximate surface area is 139 Å². The van der Waals surface area contributed by atoms with Crippen molar-refractivity contribution in [3.8, 4) is 0 Å². The van der Waals surface area contributed by atoms with E-state index in [1.54, 1.807) is 5.38 Å². The highest BCUT2D eigenvalue weighted by Crippen LogP contribution is 2.65. The number of fused-ring (bicyclic) bond motifs is 2. The Morgan fingerprint density at radius 1 is 1.42 bits per heavy atom. The van der Waals surface area contributed by atoms with Crippen molar-refractivity contribution in [2.45, 2.75) is 36.4 Å². The average molecular weight is 375 g/mol. The highest BCUT2D eigenvalue weighted by Gasteiger charge is 2.83. The smallest absolute Gasteiger partial charge is 0.384 e. The van der Waals surface area contributed by atoms with Gasteiger partial charge in [0.1, 0.15) is 36.1 Å². The number of nitrogens with zero attached hydrogens (tertiary/aromatic N) is 2. The molecule has 5 unspecified atom stereocenters. The summed E-state index contributed by atoms with van der Waals surface area (Å²) >= 11 is 1.24. The number of nitrogens with two attached hydrogens (primary N) is 1. The molecule has 1 saturated carbocycles. The molecule has 2 fully saturated rings. The lowest BCUT2D eigenvalue weighted by Gasteiger charge is -2.31. The molecular formula is C12H14N3O7PS. The molecule has 130 valence electrons. The first kappa shape index (κ1) is 16.3. The van der Waals surface area contributed by atoms with Gasteiger partial charge in [-0.1, -0.05) is 0 Å². The van der Waals surface area contributed by atoms with E-state index < -0.39 is 37.3 Å². The van der Waals surface area contributed by atoms with Gasteiger partial charge in [0.05, 0.1) is 15.8 Å². The zero-order valence-electron chi connectivity index (χ0n) is 12.2. The van der Waals surface area contributed by atoms with Crippen molar-refractivity contribution in [3.05, 3.63) is 16.6 Å². The molecule has 0 radical (unpaired) electrons. The molecule has 1 saturated heterocycles. The summed E-state index contributed by atoms with van der Waals surface area (Å²) in [5.74, 6) is 0.284. The lowest BCUT2D eigenvalue weighted by atomic mass is 9.90. The van der Waals surface area contributed by atoms with Gasteiger partial charge >= 0.3 is 7.82 Å². The average Bonchev–Trinajstić information content (AvgIpc) is 2.80. The first-order valence-corrected chi connectivity index (χ1v) is 9.30. The summed E-state index contributed by atoms with van der Waals surface area (Å²) < 4.78 is 21.1. The van der Waals surface area contributed by atoms with Gasteiger partial charge in [0.15, 0.2) is 5.60 Å². The first-order chi connectivity index (χ1) is 11.1. The van der Waals surface area contributed by atoms with Crippen LogP contribution in [0.4, 0.5) is 5.82 Å². The maximum atomic E-state index is 11.0. The Morgan fingerprint density at radius 3 is 2.71 bits per heavy atom. The molecule has 2 aromatic rings. The molecule has 10 nitrogen and oxygen atoms in total. The SMILES string of the molecule is CC1(O)C(c2scc3c(N)ncnc23)OC2C(OP(=O)(O)O)C21O. The summed E-state index contributed by atoms with van der Waals surface area (Å²) in [6.45, 7) is 1.33. The van der Waals surface area contributed by atoms with Crippen LogP contribution in [0.3, 0.4) is 0 Å². The molecule has 4 rings (SSSR count). The number of aliphatic hydroxyl groups is 2. The Kier molecular flexibility index (Phi) is 3.20. The Hall–Kier alpha value is -1.17. The Morgan fingerprint density at radius 2 is 2.12 bits per heavy atom. The molecule has 5 atom stereocenters. The van der Waals surface area contributed by atoms with Crippen molar-refractivity contribution < 1.29 is 33.8 Å². The maximum Gasteiger partial charge on any atom is 0.470 e. The van der Waals surface area contributed by atoms with Gasteiger partial charge in [-0.2, -0.15) is 0 Å². The third kappa shape index (κ3) is 2.01. The summed E-state index contributed by atoms with van der Waals surface area (Å²) in [6, 6.07) is 0. The van der Waals surface area contributed by atoms with Crippen LogP contribution in [0.25, 0.3) is 10.9 Å². The van der Waals surface area contributed by atoms with Crippen molar-refractivity contribution in [2.75, 3.05) is 5.73 Å². The molecule has 12 heteroatoms. The standard InChI is InChI=1S/C12H14N3O7PS/c1-11(16)7(6-5-4(2-24-6)10(13)15-3-14-5)21-8-9(12(8,11)17)22-23(18,19)20/h2-3,7-9,16-17H,1H3,(H2,13,14,15)(H2,18,19,20). The third-order valence-electron chi connectivity index (χ3n) is 4.58. The molecule has 2 aliphatic rings. The minimum Gasteiger partial charge on any atom is -0.384 e. The van der Waals surface area contributed by atoms with E-state index in [-0.39, 0.29) is 5.82 Å². The fourth-order valence-electron chi connectivity index (χ4n) is 3.24. The molecule has 1 aliphatic heterocycles. The van der Waals surface area contributed by atoms with Gasteiger partial charge in [-0.05, 0) is 6.92 Å². The van der Waals surface area contributed by atoms with Crippen LogP contribution in [0.5, 0.6) is 0 Å². The summed E-state index contributed by atoms with van der Waals surface area (Å²) in [6.07, 6.45) is -2.02. The van der Waals surface area contributed by atoms with Gasteiger partial charge < -0.3 is 30.5 Å². The molecule has 24 heavy (non-hydrogen) atoms. The molecule has 2 aromatic heterocycles. The van der Waals surface area contributed by atoms with E-state index >= 15 is 0 Å². The highest BCUT2D eigenvalue weighted by atomic mass is 32.1. The van der Waals surface area contributed by atoms with Crippen LogP contribution in [0, 0.1) is 0 Å². The van der Waals surface area contributed by atoms with Crippen LogP contribution >= 0.6 is 19.2 Å². The second-order valence-corrected chi connectivity index (χ2v) is 8.15. The van der Waals surface area contributed by atoms with Crippen LogP contribution in [-0.2, 0) is 13.8 Å². The van der Waals surface area contributed by atoms with E-state index in [2.05, 4.69) is 14.5 Å². The fourth-order valence-corrected chi connectivity index (χ4v) is 4.97. The highest BCUT2D eigenvalue weighted by molar-refractivity contribution is 7.46. The van der Waals surface area contributed by atoms with Crippen LogP contribution in [0.1, 0.15) is 17.9 Å². The minimum atomic E-state index is -4.82. The van der Waals surface area contributed by atoms with E-state index in [1.165, 1.54) is 24.6 Å². The predicted octanol–water partition coefficient (Wildman–Crippen LogP) is -0.313. The van der Waals surface area contributed by atoms with E-state index in [4.69, 9.17) is 20.3 Å². The maximum absolute atomic E-state index is 11.0. The van der Waals surface area contributed by atoms with Gasteiger partial charge in [0.2, 0.25) is 0 Å². The number of hydrogen-bond acceptors (Lipinski definition) is 9. The molecule has 0 bridgehead atoms. The second-order valence-electron chi connectivity index (χ2n) is 6.05. The van der Waals surface area contributed by atoms with Crippen LogP contribution in [-0.4, -0.2) is 53.4 Å². The zero-order valence-corrected chi connectivity index (χ0v) is 13.9. The van der Waals surface area contributed by atoms with Crippen molar-refractivity contribution in [1.29, 1.82) is 0 Å². The lowest BCUT2D eigenvalue weighted by molar-refractivity contribution is -0.131. The molecule has 0 spiro atoms. The predicted molar refractivity (Wildman–Crippen MR) is 81.9 cm³/mol. The van der Waals surface area contributed by atoms with E-state index in [9.17, 15) is 14.8 Å². The van der Waals surface area contributed by atoms with Crippen LogP contribution in [0.2, 0.25) is 0 Å². The van der Waals surface area contributed by atoms with E-state index in [1.807, 2.05) is 0 Å². The number of phosphoric ester groups is 1. The number of rotatable bonds is 3.